The van der Waals surface area contributed by atoms with Crippen LogP contribution in [0.2, 0.25) is 5.02 Å². The minimum atomic E-state index is 0.192. The average Bonchev–Trinajstić information content (AvgIpc) is 2.45. The Labute approximate surface area is 126 Å². The van der Waals surface area contributed by atoms with Crippen LogP contribution in [0.1, 0.15) is 31.7 Å². The zero-order chi connectivity index (χ0) is 14.4. The molecule has 0 aliphatic carbocycles. The highest BCUT2D eigenvalue weighted by Crippen LogP contribution is 2.20. The van der Waals surface area contributed by atoms with E-state index in [2.05, 4.69) is 23.2 Å². The smallest absolute Gasteiger partial charge is 0.223 e. The van der Waals surface area contributed by atoms with Gasteiger partial charge in [0, 0.05) is 24.0 Å². The van der Waals surface area contributed by atoms with Gasteiger partial charge in [0.2, 0.25) is 5.91 Å². The molecule has 0 atom stereocenters. The molecule has 4 heteroatoms. The largest absolute Gasteiger partial charge is 0.356 e. The van der Waals surface area contributed by atoms with E-state index in [0.29, 0.717) is 0 Å². The van der Waals surface area contributed by atoms with Crippen molar-refractivity contribution in [1.29, 1.82) is 0 Å². The summed E-state index contributed by atoms with van der Waals surface area (Å²) in [5.41, 5.74) is 1.24. The van der Waals surface area contributed by atoms with E-state index in [9.17, 15) is 4.79 Å². The van der Waals surface area contributed by atoms with Gasteiger partial charge in [-0.1, -0.05) is 30.7 Å². The highest BCUT2D eigenvalue weighted by Gasteiger charge is 2.24. The number of halogens is 1. The van der Waals surface area contributed by atoms with E-state index in [-0.39, 0.29) is 11.8 Å². The molecule has 2 rings (SSSR count). The van der Waals surface area contributed by atoms with Crippen molar-refractivity contribution in [2.75, 3.05) is 19.6 Å². The number of hydrogen-bond donors (Lipinski definition) is 1. The van der Waals surface area contributed by atoms with Gasteiger partial charge in [-0.05, 0) is 50.0 Å². The molecule has 1 saturated heterocycles. The van der Waals surface area contributed by atoms with E-state index in [0.717, 1.165) is 50.5 Å². The number of rotatable bonds is 5. The summed E-state index contributed by atoms with van der Waals surface area (Å²) in [6.45, 7) is 5.76. The first kappa shape index (κ1) is 15.3. The van der Waals surface area contributed by atoms with Crippen LogP contribution in [-0.4, -0.2) is 30.4 Å². The SMILES string of the molecule is CCCNC(=O)C1CCN(Cc2cccc(Cl)c2)CC1. The maximum atomic E-state index is 11.9. The lowest BCUT2D eigenvalue weighted by atomic mass is 9.95. The number of nitrogens with zero attached hydrogens (tertiary/aromatic N) is 1. The Bertz CT molecular complexity index is 442. The third-order valence-corrected chi connectivity index (χ3v) is 4.04. The molecule has 1 aliphatic heterocycles. The highest BCUT2D eigenvalue weighted by atomic mass is 35.5. The lowest BCUT2D eigenvalue weighted by Crippen LogP contribution is -2.40. The summed E-state index contributed by atoms with van der Waals surface area (Å²) in [4.78, 5) is 14.3. The average molecular weight is 295 g/mol. The molecular weight excluding hydrogens is 272 g/mol. The van der Waals surface area contributed by atoms with Crippen molar-refractivity contribution < 1.29 is 4.79 Å². The molecule has 3 nitrogen and oxygen atoms in total. The van der Waals surface area contributed by atoms with Crippen molar-refractivity contribution in [3.8, 4) is 0 Å². The van der Waals surface area contributed by atoms with Crippen molar-refractivity contribution in [2.24, 2.45) is 5.92 Å². The standard InChI is InChI=1S/C16H23ClN2O/c1-2-8-18-16(20)14-6-9-19(10-7-14)12-13-4-3-5-15(17)11-13/h3-5,11,14H,2,6-10,12H2,1H3,(H,18,20). The molecule has 1 fully saturated rings. The quantitative estimate of drug-likeness (QED) is 0.905. The van der Waals surface area contributed by atoms with Crippen molar-refractivity contribution in [2.45, 2.75) is 32.7 Å². The molecule has 20 heavy (non-hydrogen) atoms. The third kappa shape index (κ3) is 4.50. The van der Waals surface area contributed by atoms with Crippen molar-refractivity contribution in [3.05, 3.63) is 34.9 Å². The van der Waals surface area contributed by atoms with Gasteiger partial charge >= 0.3 is 0 Å². The molecule has 1 aromatic rings. The van der Waals surface area contributed by atoms with Gasteiger partial charge in [-0.25, -0.2) is 0 Å². The van der Waals surface area contributed by atoms with Crippen molar-refractivity contribution in [1.82, 2.24) is 10.2 Å². The van der Waals surface area contributed by atoms with Crippen LogP contribution in [-0.2, 0) is 11.3 Å². The monoisotopic (exact) mass is 294 g/mol. The van der Waals surface area contributed by atoms with Gasteiger partial charge in [-0.2, -0.15) is 0 Å². The Morgan fingerprint density at radius 3 is 2.80 bits per heavy atom. The summed E-state index contributed by atoms with van der Waals surface area (Å²) in [5, 5.41) is 3.79. The van der Waals surface area contributed by atoms with Crippen LogP contribution in [0.5, 0.6) is 0 Å². The van der Waals surface area contributed by atoms with Crippen LogP contribution in [0.3, 0.4) is 0 Å². The van der Waals surface area contributed by atoms with Crippen molar-refractivity contribution in [3.63, 3.8) is 0 Å². The second-order valence-corrected chi connectivity index (χ2v) is 5.91. The van der Waals surface area contributed by atoms with Crippen LogP contribution in [0.25, 0.3) is 0 Å². The van der Waals surface area contributed by atoms with Gasteiger partial charge < -0.3 is 5.32 Å². The summed E-state index contributed by atoms with van der Waals surface area (Å²) in [5.74, 6) is 0.423. The summed E-state index contributed by atoms with van der Waals surface area (Å²) in [6.07, 6.45) is 2.91. The molecule has 0 unspecified atom stereocenters. The number of hydrogen-bond acceptors (Lipinski definition) is 2. The molecule has 0 spiro atoms. The highest BCUT2D eigenvalue weighted by molar-refractivity contribution is 6.30. The Morgan fingerprint density at radius 2 is 2.15 bits per heavy atom. The summed E-state index contributed by atoms with van der Waals surface area (Å²) >= 11 is 6.00. The summed E-state index contributed by atoms with van der Waals surface area (Å²) in [6, 6.07) is 8.01. The second-order valence-electron chi connectivity index (χ2n) is 5.47. The fourth-order valence-electron chi connectivity index (χ4n) is 2.64. The predicted molar refractivity (Wildman–Crippen MR) is 82.8 cm³/mol. The molecule has 1 aromatic carbocycles. The molecule has 0 bridgehead atoms. The molecule has 1 aliphatic rings. The molecule has 0 aromatic heterocycles. The number of likely N-dealkylation sites (tertiary alicyclic amines) is 1. The zero-order valence-corrected chi connectivity index (χ0v) is 12.8. The Balaban J connectivity index is 1.78. The minimum Gasteiger partial charge on any atom is -0.356 e. The van der Waals surface area contributed by atoms with Gasteiger partial charge in [0.25, 0.3) is 0 Å². The molecule has 110 valence electrons. The van der Waals surface area contributed by atoms with Gasteiger partial charge in [-0.15, -0.1) is 0 Å². The third-order valence-electron chi connectivity index (χ3n) is 3.80. The van der Waals surface area contributed by atoms with Crippen LogP contribution >= 0.6 is 11.6 Å². The van der Waals surface area contributed by atoms with E-state index in [4.69, 9.17) is 11.6 Å². The molecular formula is C16H23ClN2O. The van der Waals surface area contributed by atoms with Crippen LogP contribution in [0.15, 0.2) is 24.3 Å². The fourth-order valence-corrected chi connectivity index (χ4v) is 2.85. The topological polar surface area (TPSA) is 32.3 Å². The molecule has 1 heterocycles. The lowest BCUT2D eigenvalue weighted by molar-refractivity contribution is -0.126. The molecule has 1 amide bonds. The van der Waals surface area contributed by atoms with Crippen LogP contribution in [0, 0.1) is 5.92 Å². The summed E-state index contributed by atoms with van der Waals surface area (Å²) in [7, 11) is 0. The normalized spacial score (nSPS) is 17.1. The molecule has 0 saturated carbocycles. The van der Waals surface area contributed by atoms with Crippen LogP contribution in [0.4, 0.5) is 0 Å². The van der Waals surface area contributed by atoms with Gasteiger partial charge in [0.1, 0.15) is 0 Å². The lowest BCUT2D eigenvalue weighted by Gasteiger charge is -2.31. The first-order chi connectivity index (χ1) is 9.69. The van der Waals surface area contributed by atoms with E-state index >= 15 is 0 Å². The Morgan fingerprint density at radius 1 is 1.40 bits per heavy atom. The maximum absolute atomic E-state index is 11.9. The zero-order valence-electron chi connectivity index (χ0n) is 12.1. The van der Waals surface area contributed by atoms with E-state index < -0.39 is 0 Å². The maximum Gasteiger partial charge on any atom is 0.223 e. The second kappa shape index (κ2) is 7.65. The number of carbonyl (C=O) groups is 1. The number of nitrogens with one attached hydrogen (secondary N) is 1. The van der Waals surface area contributed by atoms with E-state index in [1.807, 2.05) is 18.2 Å². The predicted octanol–water partition coefficient (Wildman–Crippen LogP) is 3.08. The number of piperidine rings is 1. The van der Waals surface area contributed by atoms with Gasteiger partial charge in [0.15, 0.2) is 0 Å². The molecule has 1 N–H and O–H groups in total. The van der Waals surface area contributed by atoms with E-state index in [1.54, 1.807) is 0 Å². The molecule has 0 radical (unpaired) electrons. The first-order valence-electron chi connectivity index (χ1n) is 7.43. The number of amides is 1. The van der Waals surface area contributed by atoms with Crippen molar-refractivity contribution >= 4 is 17.5 Å². The van der Waals surface area contributed by atoms with Gasteiger partial charge in [-0.3, -0.25) is 9.69 Å². The van der Waals surface area contributed by atoms with Crippen LogP contribution < -0.4 is 5.32 Å². The van der Waals surface area contributed by atoms with Gasteiger partial charge in [0.05, 0.1) is 0 Å². The minimum absolute atomic E-state index is 0.192. The Hall–Kier alpha value is -1.06. The number of carbonyl (C=O) groups excluding carboxylic acids is 1. The summed E-state index contributed by atoms with van der Waals surface area (Å²) < 4.78 is 0. The fraction of sp³-hybridized carbons (Fsp3) is 0.562. The van der Waals surface area contributed by atoms with E-state index in [1.165, 1.54) is 5.56 Å². The Kier molecular flexibility index (Phi) is 5.86. The first-order valence-corrected chi connectivity index (χ1v) is 7.81. The number of benzene rings is 1.